The zero-order valence-electron chi connectivity index (χ0n) is 5.66. The fourth-order valence-corrected chi connectivity index (χ4v) is 0.447. The second-order valence-corrected chi connectivity index (χ2v) is 3.45. The van der Waals surface area contributed by atoms with Crippen molar-refractivity contribution in [2.75, 3.05) is 0 Å². The van der Waals surface area contributed by atoms with Crippen molar-refractivity contribution in [3.63, 3.8) is 0 Å². The lowest BCUT2D eigenvalue weighted by molar-refractivity contribution is 0.468. The second-order valence-electron chi connectivity index (χ2n) is 1.61. The molecule has 0 fully saturated rings. The number of hydrogen-bond acceptors (Lipinski definition) is 2. The second kappa shape index (κ2) is 2.46. The summed E-state index contributed by atoms with van der Waals surface area (Å²) in [6.45, 7) is 1.41. The zero-order chi connectivity index (χ0) is 7.49. The maximum Gasteiger partial charge on any atom is 0.267 e. The van der Waals surface area contributed by atoms with Crippen LogP contribution in [0.2, 0.25) is 0 Å². The molecule has 0 aliphatic rings. The van der Waals surface area contributed by atoms with E-state index >= 15 is 0 Å². The molecule has 0 bridgehead atoms. The van der Waals surface area contributed by atoms with Crippen LogP contribution in [0.25, 0.3) is 0 Å². The molecule has 1 atom stereocenters. The summed E-state index contributed by atoms with van der Waals surface area (Å²) in [4.78, 5) is 0. The molecule has 4 heteroatoms. The Bertz CT molecular complexity index is 163. The molecule has 0 saturated heterocycles. The van der Waals surface area contributed by atoms with Gasteiger partial charge in [0, 0.05) is 1.37 Å². The van der Waals surface area contributed by atoms with Crippen LogP contribution in [0.4, 0.5) is 0 Å². The SMILES string of the molecule is [2H]CCC(C)S(=O)(=O)O. The molecule has 1 unspecified atom stereocenters. The summed E-state index contributed by atoms with van der Waals surface area (Å²) in [6.07, 6.45) is 0.193. The van der Waals surface area contributed by atoms with E-state index in [1.807, 2.05) is 0 Å². The smallest absolute Gasteiger partial charge is 0.267 e. The van der Waals surface area contributed by atoms with Crippen LogP contribution in [0, 0.1) is 0 Å². The Morgan fingerprint density at radius 3 is 2.50 bits per heavy atom. The average molecular weight is 139 g/mol. The predicted octanol–water partition coefficient (Wildman–Crippen LogP) is 0.673. The lowest BCUT2D eigenvalue weighted by atomic mass is 10.4. The van der Waals surface area contributed by atoms with Crippen molar-refractivity contribution in [3.05, 3.63) is 0 Å². The first-order valence-electron chi connectivity index (χ1n) is 2.94. The van der Waals surface area contributed by atoms with Crippen LogP contribution >= 0.6 is 0 Å². The Hall–Kier alpha value is -0.0900. The standard InChI is InChI=1S/C4H10O3S/c1-3-4(2)8(5,6)7/h4H,3H2,1-2H3,(H,5,6,7)/i1D. The minimum atomic E-state index is -3.88. The summed E-state index contributed by atoms with van der Waals surface area (Å²) in [5.41, 5.74) is 0. The Morgan fingerprint density at radius 2 is 2.38 bits per heavy atom. The van der Waals surface area contributed by atoms with E-state index in [4.69, 9.17) is 5.92 Å². The normalized spacial score (nSPS) is 17.5. The van der Waals surface area contributed by atoms with Crippen LogP contribution in [-0.4, -0.2) is 18.2 Å². The summed E-state index contributed by atoms with van der Waals surface area (Å²) < 4.78 is 35.3. The van der Waals surface area contributed by atoms with Crippen LogP contribution in [0.5, 0.6) is 0 Å². The highest BCUT2D eigenvalue weighted by Crippen LogP contribution is 1.99. The van der Waals surface area contributed by atoms with Crippen LogP contribution in [0.15, 0.2) is 0 Å². The predicted molar refractivity (Wildman–Crippen MR) is 31.3 cm³/mol. The van der Waals surface area contributed by atoms with Crippen LogP contribution < -0.4 is 0 Å². The molecule has 50 valence electrons. The van der Waals surface area contributed by atoms with E-state index in [1.54, 1.807) is 0 Å². The highest BCUT2D eigenvalue weighted by Gasteiger charge is 2.13. The summed E-state index contributed by atoms with van der Waals surface area (Å²) >= 11 is 0. The molecule has 0 spiro atoms. The van der Waals surface area contributed by atoms with Gasteiger partial charge in [0.2, 0.25) is 0 Å². The highest BCUT2D eigenvalue weighted by atomic mass is 32.2. The van der Waals surface area contributed by atoms with Gasteiger partial charge in [0.25, 0.3) is 10.1 Å². The van der Waals surface area contributed by atoms with Crippen LogP contribution in [-0.2, 0) is 10.1 Å². The van der Waals surface area contributed by atoms with E-state index in [1.165, 1.54) is 6.92 Å². The Morgan fingerprint density at radius 1 is 1.88 bits per heavy atom. The van der Waals surface area contributed by atoms with Gasteiger partial charge in [-0.2, -0.15) is 8.42 Å². The van der Waals surface area contributed by atoms with Crippen molar-refractivity contribution in [1.29, 1.82) is 0 Å². The van der Waals surface area contributed by atoms with Gasteiger partial charge in [0.05, 0.1) is 5.25 Å². The quantitative estimate of drug-likeness (QED) is 0.572. The molecule has 0 rings (SSSR count). The van der Waals surface area contributed by atoms with Gasteiger partial charge in [-0.1, -0.05) is 6.90 Å². The first-order chi connectivity index (χ1) is 3.98. The molecule has 0 amide bonds. The molecule has 3 nitrogen and oxygen atoms in total. The molecule has 0 aromatic carbocycles. The molecule has 0 saturated carbocycles. The molecule has 0 heterocycles. The van der Waals surface area contributed by atoms with Gasteiger partial charge >= 0.3 is 0 Å². The Kier molecular flexibility index (Phi) is 1.85. The topological polar surface area (TPSA) is 54.4 Å². The molecular formula is C4H10O3S. The molecule has 0 aromatic heterocycles. The minimum Gasteiger partial charge on any atom is -0.285 e. The monoisotopic (exact) mass is 139 g/mol. The van der Waals surface area contributed by atoms with Gasteiger partial charge in [0.1, 0.15) is 0 Å². The summed E-state index contributed by atoms with van der Waals surface area (Å²) in [5.74, 6) is 0. The fourth-order valence-electron chi connectivity index (χ4n) is 0.149. The van der Waals surface area contributed by atoms with Crippen molar-refractivity contribution in [1.82, 2.24) is 0 Å². The molecule has 0 aromatic rings. The third-order valence-electron chi connectivity index (χ3n) is 0.915. The van der Waals surface area contributed by atoms with E-state index in [0.717, 1.165) is 0 Å². The molecule has 0 aliphatic carbocycles. The average Bonchev–Trinajstić information content (AvgIpc) is 1.64. The number of rotatable bonds is 2. The van der Waals surface area contributed by atoms with Crippen molar-refractivity contribution < 1.29 is 14.3 Å². The summed E-state index contributed by atoms with van der Waals surface area (Å²) in [5, 5.41) is -0.796. The van der Waals surface area contributed by atoms with E-state index in [0.29, 0.717) is 0 Å². The fraction of sp³-hybridized carbons (Fsp3) is 1.00. The molecule has 0 aliphatic heterocycles. The van der Waals surface area contributed by atoms with Crippen LogP contribution in [0.1, 0.15) is 21.6 Å². The minimum absolute atomic E-state index is 0.0287. The van der Waals surface area contributed by atoms with Gasteiger partial charge < -0.3 is 0 Å². The van der Waals surface area contributed by atoms with Crippen molar-refractivity contribution in [2.24, 2.45) is 0 Å². The lowest BCUT2D eigenvalue weighted by Crippen LogP contribution is -2.14. The third kappa shape index (κ3) is 2.28. The van der Waals surface area contributed by atoms with E-state index in [-0.39, 0.29) is 13.3 Å². The Balaban J connectivity index is 3.90. The maximum atomic E-state index is 10.2. The van der Waals surface area contributed by atoms with E-state index in [9.17, 15) is 8.42 Å². The zero-order valence-corrected chi connectivity index (χ0v) is 5.48. The lowest BCUT2D eigenvalue weighted by Gasteiger charge is -2.00. The van der Waals surface area contributed by atoms with Gasteiger partial charge in [0.15, 0.2) is 0 Å². The number of hydrogen-bond donors (Lipinski definition) is 1. The van der Waals surface area contributed by atoms with E-state index < -0.39 is 15.4 Å². The summed E-state index contributed by atoms with van der Waals surface area (Å²) in [7, 11) is -3.88. The Labute approximate surface area is 50.9 Å². The van der Waals surface area contributed by atoms with Gasteiger partial charge in [-0.3, -0.25) is 4.55 Å². The van der Waals surface area contributed by atoms with Gasteiger partial charge in [-0.05, 0) is 13.3 Å². The van der Waals surface area contributed by atoms with Crippen molar-refractivity contribution in [3.8, 4) is 0 Å². The third-order valence-corrected chi connectivity index (χ3v) is 2.17. The van der Waals surface area contributed by atoms with Crippen molar-refractivity contribution >= 4 is 10.1 Å². The van der Waals surface area contributed by atoms with Crippen LogP contribution in [0.3, 0.4) is 0 Å². The molecule has 8 heavy (non-hydrogen) atoms. The largest absolute Gasteiger partial charge is 0.285 e. The van der Waals surface area contributed by atoms with Gasteiger partial charge in [-0.25, -0.2) is 0 Å². The molecule has 1 N–H and O–H groups in total. The first kappa shape index (κ1) is 6.04. The van der Waals surface area contributed by atoms with Crippen molar-refractivity contribution in [2.45, 2.75) is 25.5 Å². The maximum absolute atomic E-state index is 10.2. The van der Waals surface area contributed by atoms with Gasteiger partial charge in [-0.15, -0.1) is 0 Å². The highest BCUT2D eigenvalue weighted by molar-refractivity contribution is 7.86. The summed E-state index contributed by atoms with van der Waals surface area (Å²) in [6, 6.07) is 0. The molecular weight excluding hydrogens is 128 g/mol. The first-order valence-corrected chi connectivity index (χ1v) is 3.74. The molecule has 0 radical (unpaired) electrons. The van der Waals surface area contributed by atoms with E-state index in [2.05, 4.69) is 0 Å².